The van der Waals surface area contributed by atoms with Gasteiger partial charge < -0.3 is 15.2 Å². The van der Waals surface area contributed by atoms with E-state index in [1.54, 1.807) is 42.5 Å². The summed E-state index contributed by atoms with van der Waals surface area (Å²) < 4.78 is 5.11. The molecule has 0 heterocycles. The van der Waals surface area contributed by atoms with Crippen LogP contribution in [0.2, 0.25) is 5.02 Å². The SMILES string of the molecule is C=CCc1cc(/C=N/NC(=O)C(=O)NCc2ccc(Cl)cc2)cc(OC)c1O. The lowest BCUT2D eigenvalue weighted by atomic mass is 10.1. The fraction of sp³-hybridized carbons (Fsp3) is 0.150. The van der Waals surface area contributed by atoms with Gasteiger partial charge in [-0.05, 0) is 41.8 Å². The minimum absolute atomic E-state index is 0.0187. The number of carbonyl (C=O) groups excluding carboxylic acids is 2. The number of allylic oxidation sites excluding steroid dienone is 1. The van der Waals surface area contributed by atoms with Crippen LogP contribution in [-0.2, 0) is 22.6 Å². The Morgan fingerprint density at radius 3 is 2.61 bits per heavy atom. The van der Waals surface area contributed by atoms with Crippen molar-refractivity contribution in [1.82, 2.24) is 10.7 Å². The number of nitrogens with zero attached hydrogens (tertiary/aromatic N) is 1. The van der Waals surface area contributed by atoms with Crippen LogP contribution in [0.25, 0.3) is 0 Å². The maximum absolute atomic E-state index is 11.8. The van der Waals surface area contributed by atoms with Crippen LogP contribution >= 0.6 is 11.6 Å². The number of aromatic hydroxyl groups is 1. The Hall–Kier alpha value is -3.32. The van der Waals surface area contributed by atoms with E-state index in [2.05, 4.69) is 22.4 Å². The zero-order valence-electron chi connectivity index (χ0n) is 15.2. The highest BCUT2D eigenvalue weighted by Crippen LogP contribution is 2.31. The molecule has 0 bridgehead atoms. The summed E-state index contributed by atoms with van der Waals surface area (Å²) in [7, 11) is 1.43. The molecule has 0 aliphatic rings. The summed E-state index contributed by atoms with van der Waals surface area (Å²) in [5.74, 6) is -1.43. The Bertz CT molecular complexity index is 895. The number of hydrazone groups is 1. The van der Waals surface area contributed by atoms with E-state index in [0.29, 0.717) is 22.6 Å². The summed E-state index contributed by atoms with van der Waals surface area (Å²) in [6.45, 7) is 3.82. The summed E-state index contributed by atoms with van der Waals surface area (Å²) in [6.07, 6.45) is 3.42. The van der Waals surface area contributed by atoms with Gasteiger partial charge in [-0.25, -0.2) is 5.43 Å². The van der Waals surface area contributed by atoms with Crippen LogP contribution in [0.5, 0.6) is 11.5 Å². The van der Waals surface area contributed by atoms with Crippen LogP contribution in [0.4, 0.5) is 0 Å². The molecule has 146 valence electrons. The first-order chi connectivity index (χ1) is 13.4. The van der Waals surface area contributed by atoms with E-state index in [4.69, 9.17) is 16.3 Å². The lowest BCUT2D eigenvalue weighted by Crippen LogP contribution is -2.37. The van der Waals surface area contributed by atoms with E-state index in [1.165, 1.54) is 13.3 Å². The summed E-state index contributed by atoms with van der Waals surface area (Å²) in [6, 6.07) is 10.1. The third-order valence-electron chi connectivity index (χ3n) is 3.71. The van der Waals surface area contributed by atoms with Crippen LogP contribution in [0.3, 0.4) is 0 Å². The second-order valence-electron chi connectivity index (χ2n) is 5.73. The van der Waals surface area contributed by atoms with E-state index < -0.39 is 11.8 Å². The molecular weight excluding hydrogens is 382 g/mol. The maximum Gasteiger partial charge on any atom is 0.329 e. The molecule has 7 nitrogen and oxygen atoms in total. The first kappa shape index (κ1) is 21.0. The van der Waals surface area contributed by atoms with Gasteiger partial charge in [-0.2, -0.15) is 5.10 Å². The predicted molar refractivity (Wildman–Crippen MR) is 108 cm³/mol. The smallest absolute Gasteiger partial charge is 0.329 e. The Balaban J connectivity index is 1.94. The number of benzene rings is 2. The molecule has 2 rings (SSSR count). The van der Waals surface area contributed by atoms with Gasteiger partial charge in [-0.3, -0.25) is 9.59 Å². The molecule has 0 unspecified atom stereocenters. The van der Waals surface area contributed by atoms with E-state index in [1.807, 2.05) is 0 Å². The molecule has 2 aromatic carbocycles. The molecule has 0 fully saturated rings. The molecule has 2 amide bonds. The Morgan fingerprint density at radius 1 is 1.25 bits per heavy atom. The van der Waals surface area contributed by atoms with Crippen LogP contribution in [0.1, 0.15) is 16.7 Å². The predicted octanol–water partition coefficient (Wildman–Crippen LogP) is 2.55. The Morgan fingerprint density at radius 2 is 1.96 bits per heavy atom. The number of phenolic OH excluding ortho intramolecular Hbond substituents is 1. The number of amides is 2. The van der Waals surface area contributed by atoms with Crippen molar-refractivity contribution in [3.8, 4) is 11.5 Å². The van der Waals surface area contributed by atoms with Gasteiger partial charge in [0.15, 0.2) is 11.5 Å². The van der Waals surface area contributed by atoms with Crippen LogP contribution in [-0.4, -0.2) is 30.2 Å². The zero-order chi connectivity index (χ0) is 20.5. The van der Waals surface area contributed by atoms with Crippen molar-refractivity contribution in [3.63, 3.8) is 0 Å². The molecule has 0 aliphatic carbocycles. The fourth-order valence-corrected chi connectivity index (χ4v) is 2.44. The number of hydrogen-bond acceptors (Lipinski definition) is 5. The molecule has 0 spiro atoms. The van der Waals surface area contributed by atoms with Crippen molar-refractivity contribution >= 4 is 29.6 Å². The number of methoxy groups -OCH3 is 1. The Kier molecular flexibility index (Phi) is 7.59. The average molecular weight is 402 g/mol. The number of hydrogen-bond donors (Lipinski definition) is 3. The number of phenols is 1. The highest BCUT2D eigenvalue weighted by molar-refractivity contribution is 6.35. The van der Waals surface area contributed by atoms with Gasteiger partial charge in [0.1, 0.15) is 0 Å². The fourth-order valence-electron chi connectivity index (χ4n) is 2.31. The van der Waals surface area contributed by atoms with Crippen molar-refractivity contribution in [1.29, 1.82) is 0 Å². The average Bonchev–Trinajstić information content (AvgIpc) is 2.69. The van der Waals surface area contributed by atoms with Gasteiger partial charge in [0.05, 0.1) is 13.3 Å². The van der Waals surface area contributed by atoms with Gasteiger partial charge in [-0.1, -0.05) is 29.8 Å². The standard InChI is InChI=1S/C20H20ClN3O4/c1-3-4-15-9-14(10-17(28-2)18(15)25)12-23-24-20(27)19(26)22-11-13-5-7-16(21)8-6-13/h3,5-10,12,25H,1,4,11H2,2H3,(H,22,26)(H,24,27)/b23-12+. The lowest BCUT2D eigenvalue weighted by molar-refractivity contribution is -0.139. The molecule has 0 aliphatic heterocycles. The van der Waals surface area contributed by atoms with Gasteiger partial charge in [-0.15, -0.1) is 6.58 Å². The second kappa shape index (κ2) is 10.1. The third kappa shape index (κ3) is 5.85. The number of nitrogens with one attached hydrogen (secondary N) is 2. The summed E-state index contributed by atoms with van der Waals surface area (Å²) in [5.41, 5.74) is 4.14. The first-order valence-electron chi connectivity index (χ1n) is 8.31. The quantitative estimate of drug-likeness (QED) is 0.287. The van der Waals surface area contributed by atoms with E-state index in [0.717, 1.165) is 5.56 Å². The normalized spacial score (nSPS) is 10.5. The van der Waals surface area contributed by atoms with E-state index in [9.17, 15) is 14.7 Å². The maximum atomic E-state index is 11.8. The lowest BCUT2D eigenvalue weighted by Gasteiger charge is -2.09. The number of halogens is 1. The van der Waals surface area contributed by atoms with Crippen LogP contribution < -0.4 is 15.5 Å². The summed E-state index contributed by atoms with van der Waals surface area (Å²) in [4.78, 5) is 23.6. The van der Waals surface area contributed by atoms with Gasteiger partial charge in [0, 0.05) is 17.1 Å². The largest absolute Gasteiger partial charge is 0.504 e. The van der Waals surface area contributed by atoms with Gasteiger partial charge >= 0.3 is 11.8 Å². The van der Waals surface area contributed by atoms with Crippen molar-refractivity contribution < 1.29 is 19.4 Å². The molecule has 8 heteroatoms. The molecule has 3 N–H and O–H groups in total. The first-order valence-corrected chi connectivity index (χ1v) is 8.68. The minimum Gasteiger partial charge on any atom is -0.504 e. The molecule has 0 radical (unpaired) electrons. The van der Waals surface area contributed by atoms with Gasteiger partial charge in [0.25, 0.3) is 0 Å². The van der Waals surface area contributed by atoms with Crippen molar-refractivity contribution in [2.24, 2.45) is 5.10 Å². The van der Waals surface area contributed by atoms with Crippen molar-refractivity contribution in [2.45, 2.75) is 13.0 Å². The topological polar surface area (TPSA) is 100 Å². The molecule has 0 aromatic heterocycles. The zero-order valence-corrected chi connectivity index (χ0v) is 16.0. The Labute approximate surface area is 167 Å². The minimum atomic E-state index is -0.901. The summed E-state index contributed by atoms with van der Waals surface area (Å²) >= 11 is 5.79. The monoisotopic (exact) mass is 401 g/mol. The molecule has 28 heavy (non-hydrogen) atoms. The molecular formula is C20H20ClN3O4. The number of ether oxygens (including phenoxy) is 1. The molecule has 0 saturated heterocycles. The molecule has 0 saturated carbocycles. The van der Waals surface area contributed by atoms with Gasteiger partial charge in [0.2, 0.25) is 0 Å². The van der Waals surface area contributed by atoms with Crippen LogP contribution in [0.15, 0.2) is 54.2 Å². The molecule has 2 aromatic rings. The third-order valence-corrected chi connectivity index (χ3v) is 3.96. The number of carbonyl (C=O) groups is 2. The van der Waals surface area contributed by atoms with Crippen LogP contribution in [0, 0.1) is 0 Å². The number of rotatable bonds is 7. The van der Waals surface area contributed by atoms with E-state index >= 15 is 0 Å². The highest BCUT2D eigenvalue weighted by Gasteiger charge is 2.12. The van der Waals surface area contributed by atoms with Crippen molar-refractivity contribution in [3.05, 3.63) is 70.8 Å². The highest BCUT2D eigenvalue weighted by atomic mass is 35.5. The van der Waals surface area contributed by atoms with Crippen molar-refractivity contribution in [2.75, 3.05) is 7.11 Å². The van der Waals surface area contributed by atoms with E-state index in [-0.39, 0.29) is 18.0 Å². The summed E-state index contributed by atoms with van der Waals surface area (Å²) in [5, 5.41) is 16.9. The second-order valence-corrected chi connectivity index (χ2v) is 6.17. The molecule has 0 atom stereocenters.